The predicted octanol–water partition coefficient (Wildman–Crippen LogP) is 0.114. The summed E-state index contributed by atoms with van der Waals surface area (Å²) >= 11 is 0. The summed E-state index contributed by atoms with van der Waals surface area (Å²) in [4.78, 5) is 96.3. The highest BCUT2D eigenvalue weighted by Gasteiger charge is 2.58. The monoisotopic (exact) mass is 827 g/mol. The van der Waals surface area contributed by atoms with Crippen molar-refractivity contribution in [2.75, 3.05) is 26.7 Å². The van der Waals surface area contributed by atoms with Crippen molar-refractivity contribution in [2.45, 2.75) is 89.5 Å². The number of carboxylic acids is 3. The molecule has 4 rings (SSSR count). The van der Waals surface area contributed by atoms with Crippen LogP contribution in [0.1, 0.15) is 70.9 Å². The van der Waals surface area contributed by atoms with E-state index in [1.165, 1.54) is 7.11 Å². The zero-order chi connectivity index (χ0) is 44.6. The second-order valence-corrected chi connectivity index (χ2v) is 14.9. The van der Waals surface area contributed by atoms with E-state index >= 15 is 0 Å². The number of primary amides is 1. The van der Waals surface area contributed by atoms with Gasteiger partial charge in [-0.05, 0) is 59.8 Å². The average Bonchev–Trinajstić information content (AvgIpc) is 3.78. The van der Waals surface area contributed by atoms with Gasteiger partial charge in [0.25, 0.3) is 0 Å². The van der Waals surface area contributed by atoms with Crippen LogP contribution in [0.5, 0.6) is 0 Å². The average molecular weight is 828 g/mol. The van der Waals surface area contributed by atoms with Crippen molar-refractivity contribution >= 4 is 47.5 Å². The van der Waals surface area contributed by atoms with E-state index in [1.807, 2.05) is 81.1 Å². The topological polar surface area (TPSA) is 324 Å². The van der Waals surface area contributed by atoms with Gasteiger partial charge in [0.2, 0.25) is 23.6 Å². The minimum absolute atomic E-state index is 0.0342. The first kappa shape index (κ1) is 49.2. The van der Waals surface area contributed by atoms with Gasteiger partial charge in [-0.25, -0.2) is 9.59 Å². The zero-order valence-corrected chi connectivity index (χ0v) is 33.9. The van der Waals surface area contributed by atoms with Gasteiger partial charge in [-0.3, -0.25) is 33.7 Å². The van der Waals surface area contributed by atoms with E-state index < -0.39 is 83.8 Å². The van der Waals surface area contributed by atoms with Gasteiger partial charge < -0.3 is 53.2 Å². The number of amides is 4. The second kappa shape index (κ2) is 22.9. The molecular formula is C40H57N7O12. The number of benzene rings is 2. The number of esters is 1. The summed E-state index contributed by atoms with van der Waals surface area (Å²) in [7, 11) is 1.35. The molecule has 4 amide bonds. The lowest BCUT2D eigenvalue weighted by Gasteiger charge is -2.41. The molecule has 324 valence electrons. The summed E-state index contributed by atoms with van der Waals surface area (Å²) in [5.41, 5.74) is 16.1. The summed E-state index contributed by atoms with van der Waals surface area (Å²) < 4.78 is 5.43. The number of nitrogens with one attached hydrogen (secondary N) is 3. The first-order chi connectivity index (χ1) is 27.7. The fraction of sp³-hybridized carbons (Fsp3) is 0.500. The number of carbonyl (C=O) groups is 8. The Morgan fingerprint density at radius 2 is 1.34 bits per heavy atom. The largest absolute Gasteiger partial charge is 0.480 e. The molecule has 12 N–H and O–H groups in total. The molecule has 0 aromatic heterocycles. The van der Waals surface area contributed by atoms with Crippen molar-refractivity contribution in [2.24, 2.45) is 29.0 Å². The van der Waals surface area contributed by atoms with Crippen LogP contribution in [0.4, 0.5) is 0 Å². The molecule has 0 radical (unpaired) electrons. The number of hydrogen-bond donors (Lipinski definition) is 9. The van der Waals surface area contributed by atoms with Gasteiger partial charge in [0.1, 0.15) is 18.1 Å². The molecule has 19 heteroatoms. The van der Waals surface area contributed by atoms with Crippen molar-refractivity contribution in [3.05, 3.63) is 59.7 Å². The minimum atomic E-state index is -1.34. The van der Waals surface area contributed by atoms with Crippen LogP contribution in [0.3, 0.4) is 0 Å². The molecule has 19 nitrogen and oxygen atoms in total. The first-order valence-electron chi connectivity index (χ1n) is 19.1. The van der Waals surface area contributed by atoms with Crippen LogP contribution in [0.2, 0.25) is 0 Å². The standard InChI is InChI=1S/C34H44N4O7.C4H8N2O3.C2H5NO2/c1-20(2)17-26(30(40)35-19-29(39)36-27(32(42)43)18-21(3)4)37-31(41)28-15-10-16-38(28)34(33(44)45-5)24-13-8-6-11-22(24)23-12-7-9-14-25(23)34;5-2(4(8)9)1-3(6)7;3-1-2(4)5/h6-9,11-14,20-21,26-28H,10,15-19H2,1-5H3,(H,35,40)(H,36,39)(H,37,41)(H,42,43);2H,1,5H2,(H2,6,7)(H,8,9);1,3H2,(H,4,5)/t26-,27-,28-;2-;/m00./s1. The highest BCUT2D eigenvalue weighted by atomic mass is 16.5. The van der Waals surface area contributed by atoms with E-state index in [4.69, 9.17) is 20.7 Å². The van der Waals surface area contributed by atoms with Crippen LogP contribution < -0.4 is 33.2 Å². The molecule has 2 aliphatic rings. The number of carbonyl (C=O) groups excluding carboxylic acids is 5. The summed E-state index contributed by atoms with van der Waals surface area (Å²) in [6, 6.07) is 11.4. The predicted molar refractivity (Wildman–Crippen MR) is 214 cm³/mol. The number of rotatable bonds is 17. The Kier molecular flexibility index (Phi) is 19.1. The Labute approximate surface area is 342 Å². The van der Waals surface area contributed by atoms with Gasteiger partial charge in [-0.2, -0.15) is 0 Å². The van der Waals surface area contributed by atoms with Crippen molar-refractivity contribution in [1.29, 1.82) is 0 Å². The van der Waals surface area contributed by atoms with E-state index in [0.717, 1.165) is 22.3 Å². The van der Waals surface area contributed by atoms with Crippen molar-refractivity contribution in [3.63, 3.8) is 0 Å². The molecule has 1 heterocycles. The molecule has 2 aromatic rings. The van der Waals surface area contributed by atoms with Gasteiger partial charge in [-0.1, -0.05) is 76.2 Å². The molecule has 59 heavy (non-hydrogen) atoms. The van der Waals surface area contributed by atoms with E-state index in [2.05, 4.69) is 27.4 Å². The number of methoxy groups -OCH3 is 1. The highest BCUT2D eigenvalue weighted by molar-refractivity contribution is 5.99. The van der Waals surface area contributed by atoms with Crippen LogP contribution in [-0.4, -0.2) is 119 Å². The number of fused-ring (bicyclic) bond motifs is 3. The maximum absolute atomic E-state index is 14.0. The molecule has 0 spiro atoms. The zero-order valence-electron chi connectivity index (χ0n) is 33.9. The Morgan fingerprint density at radius 1 is 0.831 bits per heavy atom. The summed E-state index contributed by atoms with van der Waals surface area (Å²) in [5.74, 6) is -6.02. The summed E-state index contributed by atoms with van der Waals surface area (Å²) in [6.45, 7) is 7.29. The van der Waals surface area contributed by atoms with Crippen LogP contribution in [0, 0.1) is 11.8 Å². The van der Waals surface area contributed by atoms with Crippen molar-refractivity contribution < 1.29 is 58.4 Å². The Hall–Kier alpha value is -5.92. The third kappa shape index (κ3) is 13.3. The number of nitrogens with zero attached hydrogens (tertiary/aromatic N) is 1. The van der Waals surface area contributed by atoms with Gasteiger partial charge >= 0.3 is 23.9 Å². The minimum Gasteiger partial charge on any atom is -0.480 e. The molecule has 0 bridgehead atoms. The molecule has 0 unspecified atom stereocenters. The lowest BCUT2D eigenvalue weighted by molar-refractivity contribution is -0.155. The Bertz CT molecular complexity index is 1790. The smallest absolute Gasteiger partial charge is 0.335 e. The van der Waals surface area contributed by atoms with E-state index in [1.54, 1.807) is 0 Å². The first-order valence-corrected chi connectivity index (χ1v) is 19.1. The summed E-state index contributed by atoms with van der Waals surface area (Å²) in [6.07, 6.45) is 1.38. The molecule has 2 aromatic carbocycles. The molecule has 1 aliphatic carbocycles. The fourth-order valence-corrected chi connectivity index (χ4v) is 6.95. The van der Waals surface area contributed by atoms with Gasteiger partial charge in [0.05, 0.1) is 32.7 Å². The molecule has 1 saturated heterocycles. The SMILES string of the molecule is COC(=O)C1(N2CCC[C@H]2C(=O)N[C@@H](CC(C)C)C(=O)NCC(=O)N[C@@H](CC(C)C)C(=O)O)c2ccccc2-c2ccccc21.NC(=O)C[C@H](N)C(=O)O.NCC(=O)O. The van der Waals surface area contributed by atoms with Gasteiger partial charge in [0.15, 0.2) is 5.54 Å². The molecular weight excluding hydrogens is 770 g/mol. The third-order valence-corrected chi connectivity index (χ3v) is 9.41. The maximum atomic E-state index is 14.0. The van der Waals surface area contributed by atoms with Crippen LogP contribution >= 0.6 is 0 Å². The number of aliphatic carboxylic acids is 3. The lowest BCUT2D eigenvalue weighted by atomic mass is 9.84. The number of ether oxygens (including phenoxy) is 1. The summed E-state index contributed by atoms with van der Waals surface area (Å²) in [5, 5.41) is 33.0. The Balaban J connectivity index is 0.000000733. The van der Waals surface area contributed by atoms with Crippen LogP contribution in [0.15, 0.2) is 48.5 Å². The van der Waals surface area contributed by atoms with E-state index in [9.17, 15) is 43.5 Å². The van der Waals surface area contributed by atoms with Crippen molar-refractivity contribution in [1.82, 2.24) is 20.9 Å². The van der Waals surface area contributed by atoms with E-state index in [-0.39, 0.29) is 31.2 Å². The molecule has 1 aliphatic heterocycles. The Morgan fingerprint density at radius 3 is 1.76 bits per heavy atom. The van der Waals surface area contributed by atoms with Crippen LogP contribution in [-0.2, 0) is 48.6 Å². The third-order valence-electron chi connectivity index (χ3n) is 9.41. The molecule has 0 saturated carbocycles. The number of hydrogen-bond acceptors (Lipinski definition) is 12. The number of carboxylic acid groups (broad SMARTS) is 3. The molecule has 4 atom stereocenters. The second-order valence-electron chi connectivity index (χ2n) is 14.9. The maximum Gasteiger partial charge on any atom is 0.335 e. The van der Waals surface area contributed by atoms with Crippen LogP contribution in [0.25, 0.3) is 11.1 Å². The molecule has 1 fully saturated rings. The van der Waals surface area contributed by atoms with Crippen molar-refractivity contribution in [3.8, 4) is 11.1 Å². The van der Waals surface area contributed by atoms with Gasteiger partial charge in [0, 0.05) is 6.54 Å². The van der Waals surface area contributed by atoms with E-state index in [0.29, 0.717) is 25.8 Å². The number of nitrogens with two attached hydrogens (primary N) is 3. The highest BCUT2D eigenvalue weighted by Crippen LogP contribution is 2.53. The fourth-order valence-electron chi connectivity index (χ4n) is 6.95. The van der Waals surface area contributed by atoms with Gasteiger partial charge in [-0.15, -0.1) is 0 Å². The normalized spacial score (nSPS) is 16.3. The number of likely N-dealkylation sites (tertiary alicyclic amines) is 1. The quantitative estimate of drug-likeness (QED) is 0.0957. The lowest BCUT2D eigenvalue weighted by Crippen LogP contribution is -2.59.